The van der Waals surface area contributed by atoms with Gasteiger partial charge in [0.05, 0.1) is 11.4 Å². The fourth-order valence-corrected chi connectivity index (χ4v) is 4.95. The third kappa shape index (κ3) is 3.83. The molecule has 0 unspecified atom stereocenters. The van der Waals surface area contributed by atoms with E-state index in [9.17, 15) is 4.79 Å². The number of nitrogens with zero attached hydrogens (tertiary/aromatic N) is 5. The number of amides is 1. The minimum absolute atomic E-state index is 0.211. The average Bonchev–Trinajstić information content (AvgIpc) is 2.85. The van der Waals surface area contributed by atoms with Gasteiger partial charge in [0.15, 0.2) is 0 Å². The second kappa shape index (κ2) is 8.03. The maximum absolute atomic E-state index is 13.2. The summed E-state index contributed by atoms with van der Waals surface area (Å²) in [6.45, 7) is 10.4. The van der Waals surface area contributed by atoms with E-state index >= 15 is 0 Å². The van der Waals surface area contributed by atoms with Crippen LogP contribution in [0.2, 0.25) is 0 Å². The van der Waals surface area contributed by atoms with E-state index in [2.05, 4.69) is 39.8 Å². The van der Waals surface area contributed by atoms with Crippen molar-refractivity contribution in [2.45, 2.75) is 59.2 Å². The lowest BCUT2D eigenvalue weighted by Crippen LogP contribution is -2.48. The lowest BCUT2D eigenvalue weighted by atomic mass is 9.95. The van der Waals surface area contributed by atoms with Gasteiger partial charge in [-0.05, 0) is 56.7 Å². The number of fused-ring (bicyclic) bond motifs is 4. The van der Waals surface area contributed by atoms with Crippen molar-refractivity contribution < 1.29 is 4.79 Å². The molecule has 0 saturated carbocycles. The molecule has 2 bridgehead atoms. The number of hydrogen-bond donors (Lipinski definition) is 0. The van der Waals surface area contributed by atoms with Gasteiger partial charge in [-0.1, -0.05) is 13.0 Å². The summed E-state index contributed by atoms with van der Waals surface area (Å²) in [6, 6.07) is 6.39. The average molecular weight is 382 g/mol. The standard InChI is InChI=1S/C22H31N5O/c1-4-21-16(2)24-27(17(21)3)15-22(28)26-12-18-8-9-20(26)14-25(11-18)13-19-7-5-6-10-23-19/h5-7,10,18,20H,4,8-9,11-15H2,1-3H3/t18-,20+/m0/s1. The highest BCUT2D eigenvalue weighted by Gasteiger charge is 2.37. The molecule has 0 aromatic carbocycles. The Balaban J connectivity index is 1.45. The zero-order chi connectivity index (χ0) is 19.7. The highest BCUT2D eigenvalue weighted by molar-refractivity contribution is 5.76. The Kier molecular flexibility index (Phi) is 5.49. The van der Waals surface area contributed by atoms with Gasteiger partial charge in [0.25, 0.3) is 0 Å². The Bertz CT molecular complexity index is 831. The van der Waals surface area contributed by atoms with Crippen LogP contribution >= 0.6 is 0 Å². The SMILES string of the molecule is CCc1c(C)nn(CC(=O)N2C[C@H]3CC[C@@H]2CN(Cc2ccccn2)C3)c1C. The van der Waals surface area contributed by atoms with Crippen LogP contribution in [0.15, 0.2) is 24.4 Å². The predicted molar refractivity (Wildman–Crippen MR) is 109 cm³/mol. The zero-order valence-electron chi connectivity index (χ0n) is 17.3. The van der Waals surface area contributed by atoms with E-state index < -0.39 is 0 Å². The summed E-state index contributed by atoms with van der Waals surface area (Å²) in [7, 11) is 0. The molecule has 6 heteroatoms. The summed E-state index contributed by atoms with van der Waals surface area (Å²) >= 11 is 0. The molecule has 3 aliphatic heterocycles. The number of piperidine rings is 1. The van der Waals surface area contributed by atoms with Gasteiger partial charge >= 0.3 is 0 Å². The van der Waals surface area contributed by atoms with Gasteiger partial charge in [-0.15, -0.1) is 0 Å². The van der Waals surface area contributed by atoms with Crippen LogP contribution < -0.4 is 0 Å². The monoisotopic (exact) mass is 381 g/mol. The van der Waals surface area contributed by atoms with Gasteiger partial charge in [0.1, 0.15) is 6.54 Å². The molecule has 3 aliphatic rings. The normalized spacial score (nSPS) is 22.5. The smallest absolute Gasteiger partial charge is 0.244 e. The third-order valence-electron chi connectivity index (χ3n) is 6.39. The molecule has 5 heterocycles. The number of aromatic nitrogens is 3. The molecule has 3 fully saturated rings. The van der Waals surface area contributed by atoms with Crippen molar-refractivity contribution in [3.05, 3.63) is 47.0 Å². The first kappa shape index (κ1) is 19.1. The number of pyridine rings is 1. The molecule has 28 heavy (non-hydrogen) atoms. The Morgan fingerprint density at radius 3 is 2.75 bits per heavy atom. The van der Waals surface area contributed by atoms with E-state index in [0.717, 1.165) is 56.1 Å². The van der Waals surface area contributed by atoms with Crippen molar-refractivity contribution in [2.24, 2.45) is 5.92 Å². The summed E-state index contributed by atoms with van der Waals surface area (Å²) < 4.78 is 1.90. The Morgan fingerprint density at radius 2 is 2.04 bits per heavy atom. The lowest BCUT2D eigenvalue weighted by Gasteiger charge is -2.36. The van der Waals surface area contributed by atoms with Crippen LogP contribution in [-0.2, 0) is 24.3 Å². The zero-order valence-corrected chi connectivity index (χ0v) is 17.3. The van der Waals surface area contributed by atoms with E-state index in [4.69, 9.17) is 0 Å². The molecule has 0 aliphatic carbocycles. The summed E-state index contributed by atoms with van der Waals surface area (Å²) in [4.78, 5) is 22.3. The molecule has 5 rings (SSSR count). The fraction of sp³-hybridized carbons (Fsp3) is 0.591. The molecular formula is C22H31N5O. The molecular weight excluding hydrogens is 350 g/mol. The van der Waals surface area contributed by atoms with E-state index in [1.54, 1.807) is 0 Å². The number of hydrogen-bond acceptors (Lipinski definition) is 4. The van der Waals surface area contributed by atoms with Crippen LogP contribution in [0.3, 0.4) is 0 Å². The van der Waals surface area contributed by atoms with E-state index in [0.29, 0.717) is 18.5 Å². The molecule has 6 nitrogen and oxygen atoms in total. The first-order valence-electron chi connectivity index (χ1n) is 10.5. The maximum Gasteiger partial charge on any atom is 0.244 e. The topological polar surface area (TPSA) is 54.3 Å². The van der Waals surface area contributed by atoms with Gasteiger partial charge < -0.3 is 4.90 Å². The molecule has 0 spiro atoms. The number of carbonyl (C=O) groups excluding carboxylic acids is 1. The number of carbonyl (C=O) groups is 1. The molecule has 2 aromatic heterocycles. The minimum Gasteiger partial charge on any atom is -0.336 e. The largest absolute Gasteiger partial charge is 0.336 e. The molecule has 3 saturated heterocycles. The molecule has 2 atom stereocenters. The first-order chi connectivity index (χ1) is 13.5. The van der Waals surface area contributed by atoms with Crippen molar-refractivity contribution in [2.75, 3.05) is 19.6 Å². The number of rotatable bonds is 5. The van der Waals surface area contributed by atoms with E-state index in [1.165, 1.54) is 12.0 Å². The van der Waals surface area contributed by atoms with Crippen molar-refractivity contribution >= 4 is 5.91 Å². The minimum atomic E-state index is 0.211. The van der Waals surface area contributed by atoms with Crippen LogP contribution in [0.5, 0.6) is 0 Å². The molecule has 0 radical (unpaired) electrons. The van der Waals surface area contributed by atoms with Gasteiger partial charge in [0.2, 0.25) is 5.91 Å². The maximum atomic E-state index is 13.2. The fourth-order valence-electron chi connectivity index (χ4n) is 4.95. The van der Waals surface area contributed by atoms with Crippen molar-refractivity contribution in [1.82, 2.24) is 24.6 Å². The quantitative estimate of drug-likeness (QED) is 0.799. The van der Waals surface area contributed by atoms with Crippen LogP contribution in [0.25, 0.3) is 0 Å². The molecule has 2 aromatic rings. The molecule has 150 valence electrons. The van der Waals surface area contributed by atoms with E-state index in [1.807, 2.05) is 29.9 Å². The summed E-state index contributed by atoms with van der Waals surface area (Å²) in [6.07, 6.45) is 5.14. The second-order valence-electron chi connectivity index (χ2n) is 8.32. The van der Waals surface area contributed by atoms with Crippen LogP contribution in [0, 0.1) is 19.8 Å². The van der Waals surface area contributed by atoms with Gasteiger partial charge in [0, 0.05) is 44.1 Å². The predicted octanol–water partition coefficient (Wildman–Crippen LogP) is 2.58. The van der Waals surface area contributed by atoms with Gasteiger partial charge in [-0.2, -0.15) is 5.10 Å². The lowest BCUT2D eigenvalue weighted by molar-refractivity contribution is -0.136. The van der Waals surface area contributed by atoms with Gasteiger partial charge in [-0.25, -0.2) is 0 Å². The van der Waals surface area contributed by atoms with E-state index in [-0.39, 0.29) is 5.91 Å². The van der Waals surface area contributed by atoms with Crippen molar-refractivity contribution in [3.8, 4) is 0 Å². The molecule has 0 N–H and O–H groups in total. The highest BCUT2D eigenvalue weighted by Crippen LogP contribution is 2.29. The Morgan fingerprint density at radius 1 is 1.18 bits per heavy atom. The number of aryl methyl sites for hydroxylation is 1. The first-order valence-corrected chi connectivity index (χ1v) is 10.5. The second-order valence-corrected chi connectivity index (χ2v) is 8.32. The van der Waals surface area contributed by atoms with Crippen molar-refractivity contribution in [1.29, 1.82) is 0 Å². The van der Waals surface area contributed by atoms with Crippen LogP contribution in [0.4, 0.5) is 0 Å². The third-order valence-corrected chi connectivity index (χ3v) is 6.39. The summed E-state index contributed by atoms with van der Waals surface area (Å²) in [5.74, 6) is 0.765. The highest BCUT2D eigenvalue weighted by atomic mass is 16.2. The summed E-state index contributed by atoms with van der Waals surface area (Å²) in [5, 5.41) is 4.62. The van der Waals surface area contributed by atoms with Crippen LogP contribution in [-0.4, -0.2) is 56.1 Å². The van der Waals surface area contributed by atoms with Gasteiger partial charge in [-0.3, -0.25) is 19.4 Å². The Labute approximate surface area is 167 Å². The Hall–Kier alpha value is -2.21. The summed E-state index contributed by atoms with van der Waals surface area (Å²) in [5.41, 5.74) is 4.56. The van der Waals surface area contributed by atoms with Crippen LogP contribution in [0.1, 0.15) is 42.4 Å². The molecule has 1 amide bonds. The van der Waals surface area contributed by atoms with Crippen molar-refractivity contribution in [3.63, 3.8) is 0 Å².